The molecule has 1 saturated heterocycles. The van der Waals surface area contributed by atoms with Crippen LogP contribution in [0, 0.1) is 6.92 Å². The highest BCUT2D eigenvalue weighted by Gasteiger charge is 2.24. The molecule has 1 atom stereocenters. The van der Waals surface area contributed by atoms with Crippen LogP contribution in [-0.2, 0) is 0 Å². The van der Waals surface area contributed by atoms with Gasteiger partial charge in [-0.3, -0.25) is 9.88 Å². The molecule has 2 rings (SSSR count). The van der Waals surface area contributed by atoms with Crippen LogP contribution in [-0.4, -0.2) is 23.0 Å². The van der Waals surface area contributed by atoms with E-state index >= 15 is 0 Å². The Bertz CT molecular complexity index is 305. The van der Waals surface area contributed by atoms with Crippen LogP contribution in [0.1, 0.15) is 43.5 Å². The van der Waals surface area contributed by atoms with Gasteiger partial charge in [0.2, 0.25) is 0 Å². The Kier molecular flexibility index (Phi) is 3.37. The normalized spacial score (nSPS) is 22.1. The number of aryl methyl sites for hydroxylation is 1. The van der Waals surface area contributed by atoms with Crippen molar-refractivity contribution in [3.63, 3.8) is 0 Å². The molecular weight excluding hydrogens is 184 g/mol. The summed E-state index contributed by atoms with van der Waals surface area (Å²) in [6.07, 6.45) is 5.92. The highest BCUT2D eigenvalue weighted by atomic mass is 15.2. The second kappa shape index (κ2) is 4.75. The van der Waals surface area contributed by atoms with Gasteiger partial charge in [0, 0.05) is 17.9 Å². The molecule has 1 fully saturated rings. The lowest BCUT2D eigenvalue weighted by atomic mass is 10.1. The summed E-state index contributed by atoms with van der Waals surface area (Å²) in [5, 5.41) is 0. The fraction of sp³-hybridized carbons (Fsp3) is 0.615. The topological polar surface area (TPSA) is 16.1 Å². The highest BCUT2D eigenvalue weighted by Crippen LogP contribution is 2.31. The zero-order chi connectivity index (χ0) is 10.7. The van der Waals surface area contributed by atoms with Gasteiger partial charge in [0.05, 0.1) is 0 Å². The number of nitrogens with zero attached hydrogens (tertiary/aromatic N) is 2. The minimum absolute atomic E-state index is 0.623. The van der Waals surface area contributed by atoms with Crippen molar-refractivity contribution in [3.8, 4) is 0 Å². The van der Waals surface area contributed by atoms with Crippen molar-refractivity contribution in [1.29, 1.82) is 0 Å². The van der Waals surface area contributed by atoms with E-state index in [0.717, 1.165) is 5.69 Å². The summed E-state index contributed by atoms with van der Waals surface area (Å²) in [6.45, 7) is 6.77. The molecule has 0 amide bonds. The summed E-state index contributed by atoms with van der Waals surface area (Å²) in [4.78, 5) is 6.98. The maximum Gasteiger partial charge on any atom is 0.0372 e. The van der Waals surface area contributed by atoms with Crippen LogP contribution in [0.3, 0.4) is 0 Å². The number of hydrogen-bond acceptors (Lipinski definition) is 2. The molecule has 2 heterocycles. The first-order valence-electron chi connectivity index (χ1n) is 5.98. The fourth-order valence-corrected chi connectivity index (χ4v) is 2.43. The summed E-state index contributed by atoms with van der Waals surface area (Å²) < 4.78 is 0. The van der Waals surface area contributed by atoms with Crippen molar-refractivity contribution in [3.05, 3.63) is 29.6 Å². The third-order valence-electron chi connectivity index (χ3n) is 3.19. The van der Waals surface area contributed by atoms with Crippen LogP contribution in [0.2, 0.25) is 0 Å². The van der Waals surface area contributed by atoms with Gasteiger partial charge in [-0.1, -0.05) is 13.0 Å². The van der Waals surface area contributed by atoms with Crippen molar-refractivity contribution in [1.82, 2.24) is 9.88 Å². The fourth-order valence-electron chi connectivity index (χ4n) is 2.43. The lowest BCUT2D eigenvalue weighted by Crippen LogP contribution is -2.24. The number of aromatic nitrogens is 1. The summed E-state index contributed by atoms with van der Waals surface area (Å²) in [7, 11) is 0. The van der Waals surface area contributed by atoms with E-state index in [0.29, 0.717) is 6.04 Å². The number of likely N-dealkylation sites (tertiary alicyclic amines) is 1. The minimum Gasteiger partial charge on any atom is -0.296 e. The first-order chi connectivity index (χ1) is 7.31. The van der Waals surface area contributed by atoms with Gasteiger partial charge in [0.25, 0.3) is 0 Å². The molecule has 0 bridgehead atoms. The Morgan fingerprint density at radius 1 is 1.47 bits per heavy atom. The first-order valence-corrected chi connectivity index (χ1v) is 5.98. The molecule has 1 aromatic rings. The molecule has 0 radical (unpaired) electrons. The second-order valence-corrected chi connectivity index (χ2v) is 4.43. The molecular formula is C13H20N2. The molecule has 15 heavy (non-hydrogen) atoms. The van der Waals surface area contributed by atoms with E-state index in [1.165, 1.54) is 37.9 Å². The Hall–Kier alpha value is -0.890. The number of pyridine rings is 1. The van der Waals surface area contributed by atoms with Gasteiger partial charge < -0.3 is 0 Å². The molecule has 0 saturated carbocycles. The maximum absolute atomic E-state index is 4.39. The van der Waals surface area contributed by atoms with Gasteiger partial charge in [-0.2, -0.15) is 0 Å². The lowest BCUT2D eigenvalue weighted by Gasteiger charge is -2.23. The molecule has 1 aliphatic heterocycles. The third kappa shape index (κ3) is 2.37. The SMILES string of the molecule is CCCN1CCC[C@@H]1c1ccc(C)nc1. The Morgan fingerprint density at radius 2 is 2.33 bits per heavy atom. The van der Waals surface area contributed by atoms with Gasteiger partial charge in [-0.05, 0) is 50.9 Å². The standard InChI is InChI=1S/C13H20N2/c1-3-8-15-9-4-5-13(15)12-7-6-11(2)14-10-12/h6-7,10,13H,3-5,8-9H2,1-2H3/t13-/m1/s1. The van der Waals surface area contributed by atoms with Crippen molar-refractivity contribution in [2.75, 3.05) is 13.1 Å². The zero-order valence-corrected chi connectivity index (χ0v) is 9.74. The van der Waals surface area contributed by atoms with E-state index < -0.39 is 0 Å². The van der Waals surface area contributed by atoms with Gasteiger partial charge >= 0.3 is 0 Å². The van der Waals surface area contributed by atoms with E-state index in [2.05, 4.69) is 28.9 Å². The summed E-state index contributed by atoms with van der Waals surface area (Å²) in [5.74, 6) is 0. The molecule has 1 aromatic heterocycles. The smallest absolute Gasteiger partial charge is 0.0372 e. The lowest BCUT2D eigenvalue weighted by molar-refractivity contribution is 0.257. The van der Waals surface area contributed by atoms with Gasteiger partial charge in [-0.15, -0.1) is 0 Å². The van der Waals surface area contributed by atoms with Crippen molar-refractivity contribution in [2.24, 2.45) is 0 Å². The third-order valence-corrected chi connectivity index (χ3v) is 3.19. The molecule has 82 valence electrons. The van der Waals surface area contributed by atoms with Crippen LogP contribution < -0.4 is 0 Å². The molecule has 0 unspecified atom stereocenters. The minimum atomic E-state index is 0.623. The summed E-state index contributed by atoms with van der Waals surface area (Å²) >= 11 is 0. The predicted octanol–water partition coefficient (Wildman–Crippen LogP) is 2.94. The van der Waals surface area contributed by atoms with Crippen LogP contribution in [0.25, 0.3) is 0 Å². The average Bonchev–Trinajstić information content (AvgIpc) is 2.68. The second-order valence-electron chi connectivity index (χ2n) is 4.43. The van der Waals surface area contributed by atoms with Crippen LogP contribution in [0.5, 0.6) is 0 Å². The molecule has 0 aliphatic carbocycles. The van der Waals surface area contributed by atoms with Gasteiger partial charge in [-0.25, -0.2) is 0 Å². The van der Waals surface area contributed by atoms with Crippen molar-refractivity contribution in [2.45, 2.75) is 39.2 Å². The zero-order valence-electron chi connectivity index (χ0n) is 9.74. The highest BCUT2D eigenvalue weighted by molar-refractivity contribution is 5.18. The average molecular weight is 204 g/mol. The first kappa shape index (κ1) is 10.6. The molecule has 2 heteroatoms. The molecule has 0 aromatic carbocycles. The quantitative estimate of drug-likeness (QED) is 0.752. The van der Waals surface area contributed by atoms with E-state index in [4.69, 9.17) is 0 Å². The van der Waals surface area contributed by atoms with E-state index in [1.54, 1.807) is 0 Å². The van der Waals surface area contributed by atoms with E-state index in [-0.39, 0.29) is 0 Å². The van der Waals surface area contributed by atoms with Crippen molar-refractivity contribution >= 4 is 0 Å². The number of hydrogen-bond donors (Lipinski definition) is 0. The molecule has 2 nitrogen and oxygen atoms in total. The molecule has 0 N–H and O–H groups in total. The van der Waals surface area contributed by atoms with Crippen LogP contribution >= 0.6 is 0 Å². The molecule has 1 aliphatic rings. The number of rotatable bonds is 3. The van der Waals surface area contributed by atoms with E-state index in [1.807, 2.05) is 13.1 Å². The summed E-state index contributed by atoms with van der Waals surface area (Å²) in [6, 6.07) is 4.98. The van der Waals surface area contributed by atoms with Crippen molar-refractivity contribution < 1.29 is 0 Å². The van der Waals surface area contributed by atoms with Gasteiger partial charge in [0.1, 0.15) is 0 Å². The maximum atomic E-state index is 4.39. The Morgan fingerprint density at radius 3 is 3.00 bits per heavy atom. The Balaban J connectivity index is 2.11. The van der Waals surface area contributed by atoms with Crippen LogP contribution in [0.15, 0.2) is 18.3 Å². The molecule has 0 spiro atoms. The van der Waals surface area contributed by atoms with E-state index in [9.17, 15) is 0 Å². The van der Waals surface area contributed by atoms with Crippen LogP contribution in [0.4, 0.5) is 0 Å². The van der Waals surface area contributed by atoms with Gasteiger partial charge in [0.15, 0.2) is 0 Å². The largest absolute Gasteiger partial charge is 0.296 e. The predicted molar refractivity (Wildman–Crippen MR) is 62.8 cm³/mol. The monoisotopic (exact) mass is 204 g/mol. The summed E-state index contributed by atoms with van der Waals surface area (Å²) in [5.41, 5.74) is 2.50. The Labute approximate surface area is 92.3 Å².